The predicted octanol–water partition coefficient (Wildman–Crippen LogP) is 1.60. The number of ether oxygens (including phenoxy) is 1. The fraction of sp³-hybridized carbons (Fsp3) is 0.800. The summed E-state index contributed by atoms with van der Waals surface area (Å²) in [6.07, 6.45) is -4.24. The molecule has 2 amide bonds. The number of nitrogens with zero attached hydrogens (tertiary/aromatic N) is 5. The second-order valence-electron chi connectivity index (χ2n) is 8.37. The Kier molecular flexibility index (Phi) is 9.44. The number of carbonyl (C=O) groups excluding carboxylic acids is 2. The van der Waals surface area contributed by atoms with Gasteiger partial charge in [0.2, 0.25) is 11.8 Å². The maximum Gasteiger partial charge on any atom is 0.389 e. The van der Waals surface area contributed by atoms with E-state index in [9.17, 15) is 27.9 Å². The molecular formula is C20H32F3N5O4. The Labute approximate surface area is 185 Å². The van der Waals surface area contributed by atoms with E-state index in [-0.39, 0.29) is 44.5 Å². The first-order chi connectivity index (χ1) is 15.0. The van der Waals surface area contributed by atoms with Crippen LogP contribution in [-0.2, 0) is 27.5 Å². The number of aryl methyl sites for hydroxylation is 1. The minimum Gasteiger partial charge on any atom is -0.394 e. The molecule has 0 aliphatic carbocycles. The standard InChI is InChI=1S/C20H32F3N5O4/c1-14-9-28(15(2)12-29)19(31)5-4-8-27-10-16(24-25-27)13-32-17(14)11-26(3)18(30)6-7-20(21,22)23/h10,14-15,17,29H,4-9,11-13H2,1-3H3/t14-,15-,17+/m0/s1. The van der Waals surface area contributed by atoms with Gasteiger partial charge >= 0.3 is 6.18 Å². The van der Waals surface area contributed by atoms with Gasteiger partial charge in [-0.05, 0) is 13.3 Å². The number of aromatic nitrogens is 3. The molecule has 1 aliphatic rings. The van der Waals surface area contributed by atoms with Crippen molar-refractivity contribution >= 4 is 11.8 Å². The van der Waals surface area contributed by atoms with Crippen LogP contribution in [0.2, 0.25) is 0 Å². The molecule has 1 aliphatic heterocycles. The number of hydrogen-bond donors (Lipinski definition) is 1. The Morgan fingerprint density at radius 2 is 2.16 bits per heavy atom. The fourth-order valence-electron chi connectivity index (χ4n) is 3.50. The fourth-order valence-corrected chi connectivity index (χ4v) is 3.50. The molecule has 0 fully saturated rings. The highest BCUT2D eigenvalue weighted by molar-refractivity contribution is 5.76. The van der Waals surface area contributed by atoms with Crippen molar-refractivity contribution in [3.05, 3.63) is 11.9 Å². The molecule has 0 radical (unpaired) electrons. The molecule has 0 unspecified atom stereocenters. The van der Waals surface area contributed by atoms with Gasteiger partial charge in [0.15, 0.2) is 0 Å². The molecule has 2 rings (SSSR count). The number of carbonyl (C=O) groups is 2. The molecule has 0 spiro atoms. The van der Waals surface area contributed by atoms with E-state index in [2.05, 4.69) is 10.3 Å². The van der Waals surface area contributed by atoms with Crippen LogP contribution in [0.15, 0.2) is 6.20 Å². The van der Waals surface area contributed by atoms with Crippen LogP contribution in [0, 0.1) is 5.92 Å². The molecule has 12 heteroatoms. The minimum atomic E-state index is -4.40. The molecule has 0 saturated heterocycles. The maximum absolute atomic E-state index is 12.8. The molecule has 1 aromatic heterocycles. The Balaban J connectivity index is 2.17. The van der Waals surface area contributed by atoms with Crippen LogP contribution in [0.3, 0.4) is 0 Å². The number of fused-ring (bicyclic) bond motifs is 2. The van der Waals surface area contributed by atoms with Crippen molar-refractivity contribution in [3.8, 4) is 0 Å². The van der Waals surface area contributed by atoms with Gasteiger partial charge in [-0.3, -0.25) is 14.3 Å². The van der Waals surface area contributed by atoms with E-state index in [1.165, 1.54) is 11.9 Å². The summed E-state index contributed by atoms with van der Waals surface area (Å²) >= 11 is 0. The normalized spacial score (nSPS) is 22.0. The molecule has 182 valence electrons. The lowest BCUT2D eigenvalue weighted by Gasteiger charge is -2.35. The summed E-state index contributed by atoms with van der Waals surface area (Å²) in [7, 11) is 1.44. The molecular weight excluding hydrogens is 431 g/mol. The number of aliphatic hydroxyl groups excluding tert-OH is 1. The van der Waals surface area contributed by atoms with Gasteiger partial charge in [-0.15, -0.1) is 5.10 Å². The maximum atomic E-state index is 12.8. The van der Waals surface area contributed by atoms with Gasteiger partial charge in [-0.2, -0.15) is 13.2 Å². The molecule has 9 nitrogen and oxygen atoms in total. The number of likely N-dealkylation sites (N-methyl/N-ethyl adjacent to an activating group) is 1. The summed E-state index contributed by atoms with van der Waals surface area (Å²) in [4.78, 5) is 27.8. The van der Waals surface area contributed by atoms with Crippen LogP contribution >= 0.6 is 0 Å². The number of alkyl halides is 3. The third-order valence-corrected chi connectivity index (χ3v) is 5.55. The van der Waals surface area contributed by atoms with Crippen molar-refractivity contribution in [2.45, 2.75) is 71.0 Å². The van der Waals surface area contributed by atoms with E-state index in [0.29, 0.717) is 18.7 Å². The summed E-state index contributed by atoms with van der Waals surface area (Å²) in [6.45, 7) is 4.35. The Hall–Kier alpha value is -2.21. The SMILES string of the molecule is C[C@H]1CN([C@@H](C)CO)C(=O)CCCn2cc(nn2)CO[C@@H]1CN(C)C(=O)CCC(F)(F)F. The van der Waals surface area contributed by atoms with Crippen LogP contribution in [0.1, 0.15) is 45.2 Å². The highest BCUT2D eigenvalue weighted by atomic mass is 19.4. The topological polar surface area (TPSA) is 101 Å². The number of hydrogen-bond acceptors (Lipinski definition) is 6. The lowest BCUT2D eigenvalue weighted by atomic mass is 10.0. The molecule has 1 aromatic rings. The van der Waals surface area contributed by atoms with Gasteiger partial charge in [-0.1, -0.05) is 12.1 Å². The van der Waals surface area contributed by atoms with Crippen molar-refractivity contribution in [1.82, 2.24) is 24.8 Å². The highest BCUT2D eigenvalue weighted by Crippen LogP contribution is 2.22. The predicted molar refractivity (Wildman–Crippen MR) is 108 cm³/mol. The summed E-state index contributed by atoms with van der Waals surface area (Å²) in [6, 6.07) is -0.403. The van der Waals surface area contributed by atoms with E-state index in [4.69, 9.17) is 4.74 Å². The van der Waals surface area contributed by atoms with Crippen LogP contribution < -0.4 is 0 Å². The smallest absolute Gasteiger partial charge is 0.389 e. The first-order valence-corrected chi connectivity index (χ1v) is 10.7. The van der Waals surface area contributed by atoms with Crippen LogP contribution in [0.25, 0.3) is 0 Å². The number of halogens is 3. The summed E-state index contributed by atoms with van der Waals surface area (Å²) in [5, 5.41) is 17.7. The Morgan fingerprint density at radius 3 is 2.81 bits per heavy atom. The second-order valence-corrected chi connectivity index (χ2v) is 8.37. The summed E-state index contributed by atoms with van der Waals surface area (Å²) in [5.41, 5.74) is 0.583. The number of aliphatic hydroxyl groups is 1. The summed E-state index contributed by atoms with van der Waals surface area (Å²) in [5.74, 6) is -1.02. The van der Waals surface area contributed by atoms with E-state index < -0.39 is 37.1 Å². The summed E-state index contributed by atoms with van der Waals surface area (Å²) < 4.78 is 45.1. The quantitative estimate of drug-likeness (QED) is 0.688. The van der Waals surface area contributed by atoms with Crippen molar-refractivity contribution in [2.24, 2.45) is 5.92 Å². The van der Waals surface area contributed by atoms with E-state index >= 15 is 0 Å². The molecule has 32 heavy (non-hydrogen) atoms. The van der Waals surface area contributed by atoms with E-state index in [1.807, 2.05) is 6.92 Å². The van der Waals surface area contributed by atoms with E-state index in [1.54, 1.807) is 22.7 Å². The number of amides is 2. The average molecular weight is 464 g/mol. The zero-order chi connectivity index (χ0) is 23.9. The lowest BCUT2D eigenvalue weighted by Crippen LogP contribution is -2.47. The van der Waals surface area contributed by atoms with Crippen molar-refractivity contribution in [2.75, 3.05) is 26.7 Å². The second kappa shape index (κ2) is 11.6. The third kappa shape index (κ3) is 8.05. The molecule has 0 saturated carbocycles. The lowest BCUT2D eigenvalue weighted by molar-refractivity contribution is -0.150. The van der Waals surface area contributed by atoms with Crippen molar-refractivity contribution in [3.63, 3.8) is 0 Å². The largest absolute Gasteiger partial charge is 0.394 e. The van der Waals surface area contributed by atoms with Gasteiger partial charge in [-0.25, -0.2) is 0 Å². The first kappa shape index (κ1) is 26.0. The molecule has 0 aromatic carbocycles. The zero-order valence-corrected chi connectivity index (χ0v) is 18.7. The third-order valence-electron chi connectivity index (χ3n) is 5.55. The van der Waals surface area contributed by atoms with E-state index in [0.717, 1.165) is 0 Å². The molecule has 2 bridgehead atoms. The molecule has 2 heterocycles. The van der Waals surface area contributed by atoms with Gasteiger partial charge < -0.3 is 19.6 Å². The first-order valence-electron chi connectivity index (χ1n) is 10.7. The van der Waals surface area contributed by atoms with Gasteiger partial charge in [0.25, 0.3) is 0 Å². The highest BCUT2D eigenvalue weighted by Gasteiger charge is 2.31. The average Bonchev–Trinajstić information content (AvgIpc) is 3.18. The van der Waals surface area contributed by atoms with Crippen LogP contribution in [0.5, 0.6) is 0 Å². The zero-order valence-electron chi connectivity index (χ0n) is 18.7. The minimum absolute atomic E-state index is 0.0571. The van der Waals surface area contributed by atoms with Gasteiger partial charge in [0, 0.05) is 45.4 Å². The number of rotatable bonds is 6. The monoisotopic (exact) mass is 463 g/mol. The molecule has 1 N–H and O–H groups in total. The van der Waals surface area contributed by atoms with Crippen LogP contribution in [0.4, 0.5) is 13.2 Å². The molecule has 3 atom stereocenters. The Morgan fingerprint density at radius 1 is 1.44 bits per heavy atom. The van der Waals surface area contributed by atoms with Crippen molar-refractivity contribution in [1.29, 1.82) is 0 Å². The van der Waals surface area contributed by atoms with Crippen molar-refractivity contribution < 1.29 is 32.6 Å². The Bertz CT molecular complexity index is 758. The van der Waals surface area contributed by atoms with Gasteiger partial charge in [0.1, 0.15) is 5.69 Å². The van der Waals surface area contributed by atoms with Crippen LogP contribution in [-0.4, -0.2) is 86.8 Å². The van der Waals surface area contributed by atoms with Gasteiger partial charge in [0.05, 0.1) is 38.0 Å².